The minimum absolute atomic E-state index is 0.142. The number of rotatable bonds is 5. The van der Waals surface area contributed by atoms with Crippen molar-refractivity contribution in [2.45, 2.75) is 32.1 Å². The second kappa shape index (κ2) is 7.81. The van der Waals surface area contributed by atoms with Gasteiger partial charge in [0.1, 0.15) is 5.52 Å². The third kappa shape index (κ3) is 3.90. The second-order valence-electron chi connectivity index (χ2n) is 6.71. The van der Waals surface area contributed by atoms with Gasteiger partial charge in [0.25, 0.3) is 0 Å². The van der Waals surface area contributed by atoms with Crippen molar-refractivity contribution < 1.29 is 4.79 Å². The zero-order valence-corrected chi connectivity index (χ0v) is 15.9. The van der Waals surface area contributed by atoms with E-state index in [1.807, 2.05) is 37.2 Å². The predicted octanol–water partition coefficient (Wildman–Crippen LogP) is 4.42. The van der Waals surface area contributed by atoms with E-state index in [2.05, 4.69) is 9.88 Å². The van der Waals surface area contributed by atoms with Crippen LogP contribution in [0.1, 0.15) is 32.1 Å². The molecule has 0 bridgehead atoms. The Hall–Kier alpha value is -1.17. The minimum Gasteiger partial charge on any atom is -0.308 e. The number of halogens is 1. The number of aromatic nitrogens is 1. The van der Waals surface area contributed by atoms with Crippen LogP contribution in [0, 0.1) is 5.92 Å². The van der Waals surface area contributed by atoms with Crippen LogP contribution < -0.4 is 4.90 Å². The van der Waals surface area contributed by atoms with E-state index in [0.717, 1.165) is 47.6 Å². The number of carbonyl (C=O) groups excluding carboxylic acids is 1. The van der Waals surface area contributed by atoms with Gasteiger partial charge in [-0.15, -0.1) is 0 Å². The zero-order valence-electron chi connectivity index (χ0n) is 14.3. The molecule has 0 N–H and O–H groups in total. The first-order valence-electron chi connectivity index (χ1n) is 8.57. The molecule has 1 aliphatic carbocycles. The lowest BCUT2D eigenvalue weighted by atomic mass is 9.88. The fourth-order valence-corrected chi connectivity index (χ4v) is 4.49. The zero-order chi connectivity index (χ0) is 17.1. The van der Waals surface area contributed by atoms with Crippen molar-refractivity contribution in [3.05, 3.63) is 23.2 Å². The van der Waals surface area contributed by atoms with Crippen molar-refractivity contribution in [2.24, 2.45) is 5.92 Å². The maximum absolute atomic E-state index is 13.1. The molecule has 130 valence electrons. The van der Waals surface area contributed by atoms with Gasteiger partial charge in [0.15, 0.2) is 5.13 Å². The van der Waals surface area contributed by atoms with Crippen LogP contribution in [0.5, 0.6) is 0 Å². The maximum Gasteiger partial charge on any atom is 0.231 e. The lowest BCUT2D eigenvalue weighted by Gasteiger charge is -2.28. The number of nitrogens with zero attached hydrogens (tertiary/aromatic N) is 3. The summed E-state index contributed by atoms with van der Waals surface area (Å²) in [6.07, 6.45) is 5.57. The molecule has 0 unspecified atom stereocenters. The van der Waals surface area contributed by atoms with Gasteiger partial charge in [-0.25, -0.2) is 4.98 Å². The van der Waals surface area contributed by atoms with Gasteiger partial charge in [-0.2, -0.15) is 0 Å². The molecule has 6 heteroatoms. The second-order valence-corrected chi connectivity index (χ2v) is 8.13. The number of hydrogen-bond donors (Lipinski definition) is 0. The van der Waals surface area contributed by atoms with Crippen LogP contribution in [0.2, 0.25) is 5.02 Å². The Bertz CT molecular complexity index is 709. The Morgan fingerprint density at radius 3 is 2.67 bits per heavy atom. The molecule has 1 amide bonds. The van der Waals surface area contributed by atoms with E-state index in [9.17, 15) is 4.79 Å². The lowest BCUT2D eigenvalue weighted by Crippen LogP contribution is -2.41. The van der Waals surface area contributed by atoms with Crippen LogP contribution in [0.15, 0.2) is 18.2 Å². The van der Waals surface area contributed by atoms with Gasteiger partial charge < -0.3 is 4.90 Å². The molecule has 4 nitrogen and oxygen atoms in total. The first kappa shape index (κ1) is 17.6. The van der Waals surface area contributed by atoms with Gasteiger partial charge in [-0.3, -0.25) is 9.69 Å². The van der Waals surface area contributed by atoms with Crippen LogP contribution in [-0.2, 0) is 4.79 Å². The Morgan fingerprint density at radius 1 is 1.25 bits per heavy atom. The fourth-order valence-electron chi connectivity index (χ4n) is 3.19. The molecule has 1 fully saturated rings. The Morgan fingerprint density at radius 2 is 2.00 bits per heavy atom. The van der Waals surface area contributed by atoms with Gasteiger partial charge in [0.2, 0.25) is 5.91 Å². The molecule has 0 saturated heterocycles. The van der Waals surface area contributed by atoms with E-state index in [0.29, 0.717) is 11.6 Å². The summed E-state index contributed by atoms with van der Waals surface area (Å²) in [4.78, 5) is 21.8. The SMILES string of the molecule is CN(C)CCN(C(=O)C1CCCCC1)c1nc2c(Cl)cccc2s1. The summed E-state index contributed by atoms with van der Waals surface area (Å²) in [7, 11) is 4.05. The number of thiazole rings is 1. The molecule has 0 aliphatic heterocycles. The topological polar surface area (TPSA) is 36.4 Å². The van der Waals surface area contributed by atoms with Gasteiger partial charge >= 0.3 is 0 Å². The summed E-state index contributed by atoms with van der Waals surface area (Å²) in [5, 5.41) is 1.42. The third-order valence-electron chi connectivity index (χ3n) is 4.58. The molecule has 1 aliphatic rings. The number of benzene rings is 1. The molecule has 1 heterocycles. The minimum atomic E-state index is 0.142. The van der Waals surface area contributed by atoms with Crippen LogP contribution in [0.4, 0.5) is 5.13 Å². The summed E-state index contributed by atoms with van der Waals surface area (Å²) in [5.74, 6) is 0.370. The highest BCUT2D eigenvalue weighted by molar-refractivity contribution is 7.22. The number of amides is 1. The summed E-state index contributed by atoms with van der Waals surface area (Å²) in [6, 6.07) is 5.79. The van der Waals surface area contributed by atoms with E-state index in [1.165, 1.54) is 6.42 Å². The summed E-state index contributed by atoms with van der Waals surface area (Å²) < 4.78 is 1.03. The van der Waals surface area contributed by atoms with Gasteiger partial charge in [-0.1, -0.05) is 48.3 Å². The van der Waals surface area contributed by atoms with Crippen molar-refractivity contribution >= 4 is 44.2 Å². The molecule has 2 aromatic rings. The number of para-hydroxylation sites is 1. The predicted molar refractivity (Wildman–Crippen MR) is 102 cm³/mol. The summed E-state index contributed by atoms with van der Waals surface area (Å²) in [5.41, 5.74) is 0.797. The van der Waals surface area contributed by atoms with Crippen molar-refractivity contribution in [1.29, 1.82) is 0 Å². The average molecular weight is 366 g/mol. The molecule has 1 saturated carbocycles. The standard InChI is InChI=1S/C18H24ClN3OS/c1-21(2)11-12-22(17(23)13-7-4-3-5-8-13)18-20-16-14(19)9-6-10-15(16)24-18/h6,9-10,13H,3-5,7-8,11-12H2,1-2H3. The number of likely N-dealkylation sites (N-methyl/N-ethyl adjacent to an activating group) is 1. The van der Waals surface area contributed by atoms with Gasteiger partial charge in [0.05, 0.1) is 9.72 Å². The average Bonchev–Trinajstić information content (AvgIpc) is 3.01. The highest BCUT2D eigenvalue weighted by atomic mass is 35.5. The van der Waals surface area contributed by atoms with E-state index in [-0.39, 0.29) is 11.8 Å². The van der Waals surface area contributed by atoms with Crippen molar-refractivity contribution in [2.75, 3.05) is 32.1 Å². The van der Waals surface area contributed by atoms with E-state index < -0.39 is 0 Å². The summed E-state index contributed by atoms with van der Waals surface area (Å²) >= 11 is 7.82. The third-order valence-corrected chi connectivity index (χ3v) is 5.93. The molecule has 3 rings (SSSR count). The number of fused-ring (bicyclic) bond motifs is 1. The van der Waals surface area contributed by atoms with E-state index in [1.54, 1.807) is 11.3 Å². The number of anilines is 1. The van der Waals surface area contributed by atoms with Crippen molar-refractivity contribution in [1.82, 2.24) is 9.88 Å². The Balaban J connectivity index is 1.90. The van der Waals surface area contributed by atoms with Crippen molar-refractivity contribution in [3.63, 3.8) is 0 Å². The van der Waals surface area contributed by atoms with Crippen LogP contribution >= 0.6 is 22.9 Å². The quantitative estimate of drug-likeness (QED) is 0.786. The van der Waals surface area contributed by atoms with Gasteiger partial charge in [-0.05, 0) is 39.1 Å². The molecular weight excluding hydrogens is 342 g/mol. The lowest BCUT2D eigenvalue weighted by molar-refractivity contribution is -0.123. The van der Waals surface area contributed by atoms with Crippen LogP contribution in [0.3, 0.4) is 0 Å². The summed E-state index contributed by atoms with van der Waals surface area (Å²) in [6.45, 7) is 1.49. The largest absolute Gasteiger partial charge is 0.308 e. The van der Waals surface area contributed by atoms with Crippen LogP contribution in [0.25, 0.3) is 10.2 Å². The highest BCUT2D eigenvalue weighted by Crippen LogP contribution is 2.34. The van der Waals surface area contributed by atoms with E-state index in [4.69, 9.17) is 11.6 Å². The molecule has 1 aromatic heterocycles. The Labute approximate surface area is 152 Å². The highest BCUT2D eigenvalue weighted by Gasteiger charge is 2.28. The number of hydrogen-bond acceptors (Lipinski definition) is 4. The molecule has 0 radical (unpaired) electrons. The first-order valence-corrected chi connectivity index (χ1v) is 9.77. The van der Waals surface area contributed by atoms with Gasteiger partial charge in [0, 0.05) is 19.0 Å². The normalized spacial score (nSPS) is 16.0. The first-order chi connectivity index (χ1) is 11.6. The maximum atomic E-state index is 13.1. The molecule has 24 heavy (non-hydrogen) atoms. The van der Waals surface area contributed by atoms with Crippen LogP contribution in [-0.4, -0.2) is 43.0 Å². The fraction of sp³-hybridized carbons (Fsp3) is 0.556. The van der Waals surface area contributed by atoms with E-state index >= 15 is 0 Å². The smallest absolute Gasteiger partial charge is 0.231 e. The van der Waals surface area contributed by atoms with Crippen molar-refractivity contribution in [3.8, 4) is 0 Å². The molecule has 1 aromatic carbocycles. The number of carbonyl (C=O) groups is 1. The molecule has 0 spiro atoms. The Kier molecular flexibility index (Phi) is 5.74. The molecular formula is C18H24ClN3OS. The molecule has 0 atom stereocenters. The monoisotopic (exact) mass is 365 g/mol.